The molecule has 1 nitrogen and oxygen atoms in total. The van der Waals surface area contributed by atoms with Gasteiger partial charge in [0.2, 0.25) is 0 Å². The third kappa shape index (κ3) is 3.53. The number of rotatable bonds is 3. The lowest BCUT2D eigenvalue weighted by molar-refractivity contribution is 0.485. The Morgan fingerprint density at radius 3 is 2.50 bits per heavy atom. The minimum atomic E-state index is -4.72. The van der Waals surface area contributed by atoms with Crippen molar-refractivity contribution in [3.63, 3.8) is 0 Å². The van der Waals surface area contributed by atoms with E-state index in [0.717, 1.165) is 17.3 Å². The number of benzene rings is 1. The first-order chi connectivity index (χ1) is 6.38. The maximum Gasteiger partial charge on any atom is 0.488 e. The third-order valence-corrected chi connectivity index (χ3v) is 2.81. The van der Waals surface area contributed by atoms with Gasteiger partial charge >= 0.3 is 6.98 Å². The van der Waals surface area contributed by atoms with E-state index in [4.69, 9.17) is 5.73 Å². The van der Waals surface area contributed by atoms with Crippen molar-refractivity contribution < 1.29 is 12.9 Å². The first-order valence-electron chi connectivity index (χ1n) is 4.08. The molecule has 0 aliphatic carbocycles. The first-order valence-corrected chi connectivity index (χ1v) is 5.07. The maximum absolute atomic E-state index is 11.9. The minimum Gasteiger partial charge on any atom is -0.448 e. The van der Waals surface area contributed by atoms with Crippen LogP contribution in [0.5, 0.6) is 0 Å². The van der Waals surface area contributed by atoms with Gasteiger partial charge in [0.05, 0.1) is 0 Å². The van der Waals surface area contributed by atoms with Gasteiger partial charge in [-0.2, -0.15) is 11.8 Å². The summed E-state index contributed by atoms with van der Waals surface area (Å²) in [6, 6.07) is 4.90. The maximum atomic E-state index is 11.9. The van der Waals surface area contributed by atoms with Crippen LogP contribution in [0.4, 0.5) is 18.6 Å². The number of nitrogens with two attached hydrogens (primary N) is 1. The van der Waals surface area contributed by atoms with Crippen LogP contribution >= 0.6 is 11.8 Å². The van der Waals surface area contributed by atoms with Crippen LogP contribution in [0, 0.1) is 6.92 Å². The molecule has 0 amide bonds. The van der Waals surface area contributed by atoms with Gasteiger partial charge in [-0.15, -0.1) is 0 Å². The molecule has 0 bridgehead atoms. The predicted molar refractivity (Wildman–Crippen MR) is 55.4 cm³/mol. The van der Waals surface area contributed by atoms with Crippen LogP contribution in [-0.4, -0.2) is 12.6 Å². The van der Waals surface area contributed by atoms with Gasteiger partial charge in [-0.05, 0) is 36.3 Å². The fourth-order valence-electron chi connectivity index (χ4n) is 0.929. The lowest BCUT2D eigenvalue weighted by atomic mass is 9.98. The van der Waals surface area contributed by atoms with Gasteiger partial charge in [-0.3, -0.25) is 0 Å². The highest BCUT2D eigenvalue weighted by atomic mass is 32.2. The molecule has 0 aromatic heterocycles. The Morgan fingerprint density at radius 2 is 2.00 bits per heavy atom. The molecule has 6 heteroatoms. The van der Waals surface area contributed by atoms with Crippen molar-refractivity contribution >= 4 is 24.4 Å². The average Bonchev–Trinajstić information content (AvgIpc) is 2.06. The molecule has 1 aromatic carbocycles. The molecule has 0 unspecified atom stereocenters. The largest absolute Gasteiger partial charge is 0.488 e. The molecule has 0 atom stereocenters. The summed E-state index contributed by atoms with van der Waals surface area (Å²) in [4.78, 5) is 0.607. The molecule has 0 aliphatic rings. The number of anilines is 1. The highest BCUT2D eigenvalue weighted by Crippen LogP contribution is 2.26. The second kappa shape index (κ2) is 4.17. The van der Waals surface area contributed by atoms with Gasteiger partial charge in [-0.25, -0.2) is 0 Å². The van der Waals surface area contributed by atoms with Crippen molar-refractivity contribution in [1.82, 2.24) is 0 Å². The van der Waals surface area contributed by atoms with E-state index in [1.54, 1.807) is 25.1 Å². The molecule has 14 heavy (non-hydrogen) atoms. The van der Waals surface area contributed by atoms with Crippen molar-refractivity contribution in [2.45, 2.75) is 11.8 Å². The highest BCUT2D eigenvalue weighted by molar-refractivity contribution is 8.00. The van der Waals surface area contributed by atoms with E-state index in [0.29, 0.717) is 10.6 Å². The first kappa shape index (κ1) is 11.3. The van der Waals surface area contributed by atoms with Crippen molar-refractivity contribution in [3.8, 4) is 0 Å². The van der Waals surface area contributed by atoms with Gasteiger partial charge in [0.15, 0.2) is 0 Å². The molecule has 1 aromatic rings. The zero-order chi connectivity index (χ0) is 10.8. The van der Waals surface area contributed by atoms with Crippen molar-refractivity contribution in [3.05, 3.63) is 23.8 Å². The van der Waals surface area contributed by atoms with Gasteiger partial charge in [0, 0.05) is 10.6 Å². The number of nitrogen functional groups attached to an aromatic ring is 1. The standard InChI is InChI=1S/C8H10BF3NS/c1-6-4-7(2-3-8(6)13)14-5-9(10,11)12/h2-4H,5,13H2,1H3/q-1. The summed E-state index contributed by atoms with van der Waals surface area (Å²) in [5.74, 6) is 0. The minimum absolute atomic E-state index is 0.604. The number of aryl methyl sites for hydroxylation is 1. The molecule has 0 saturated heterocycles. The van der Waals surface area contributed by atoms with E-state index < -0.39 is 12.6 Å². The normalized spacial score (nSPS) is 11.7. The quantitative estimate of drug-likeness (QED) is 0.481. The fourth-order valence-corrected chi connectivity index (χ4v) is 1.73. The van der Waals surface area contributed by atoms with Crippen LogP contribution in [0.2, 0.25) is 0 Å². The van der Waals surface area contributed by atoms with E-state index in [1.807, 2.05) is 0 Å². The summed E-state index contributed by atoms with van der Waals surface area (Å²) in [5.41, 5.74) is 6.15. The molecule has 2 N–H and O–H groups in total. The Hall–Kier alpha value is -0.775. The number of halogens is 3. The Balaban J connectivity index is 2.65. The second-order valence-corrected chi connectivity index (χ2v) is 4.13. The van der Waals surface area contributed by atoms with Crippen LogP contribution in [0.25, 0.3) is 0 Å². The molecule has 0 spiro atoms. The fraction of sp³-hybridized carbons (Fsp3) is 0.250. The summed E-state index contributed by atoms with van der Waals surface area (Å²) in [7, 11) is 0. The van der Waals surface area contributed by atoms with E-state index in [2.05, 4.69) is 0 Å². The van der Waals surface area contributed by atoms with Gasteiger partial charge in [-0.1, -0.05) is 0 Å². The molecule has 0 heterocycles. The monoisotopic (exact) mass is 220 g/mol. The zero-order valence-corrected chi connectivity index (χ0v) is 8.45. The van der Waals surface area contributed by atoms with Crippen LogP contribution in [-0.2, 0) is 0 Å². The van der Waals surface area contributed by atoms with Gasteiger partial charge in [0.25, 0.3) is 0 Å². The summed E-state index contributed by atoms with van der Waals surface area (Å²) < 4.78 is 35.8. The zero-order valence-electron chi connectivity index (χ0n) is 7.64. The van der Waals surface area contributed by atoms with Crippen LogP contribution in [0.1, 0.15) is 5.56 Å². The summed E-state index contributed by atoms with van der Waals surface area (Å²) >= 11 is 0.797. The molecule has 0 fully saturated rings. The molecule has 78 valence electrons. The average molecular weight is 220 g/mol. The predicted octanol–water partition coefficient (Wildman–Crippen LogP) is 3.06. The van der Waals surface area contributed by atoms with Crippen LogP contribution in [0.15, 0.2) is 23.1 Å². The lowest BCUT2D eigenvalue weighted by Gasteiger charge is -2.13. The summed E-state index contributed by atoms with van der Waals surface area (Å²) in [5, 5.41) is 0. The molecule has 1 rings (SSSR count). The molecular weight excluding hydrogens is 210 g/mol. The smallest absolute Gasteiger partial charge is 0.448 e. The van der Waals surface area contributed by atoms with E-state index in [1.165, 1.54) is 0 Å². The Bertz CT molecular complexity index is 327. The van der Waals surface area contributed by atoms with Gasteiger partial charge < -0.3 is 18.7 Å². The Kier molecular flexibility index (Phi) is 3.36. The second-order valence-electron chi connectivity index (χ2n) is 3.04. The SMILES string of the molecule is Cc1cc(SC[B-](F)(F)F)ccc1N. The highest BCUT2D eigenvalue weighted by Gasteiger charge is 2.22. The summed E-state index contributed by atoms with van der Waals surface area (Å²) in [6.07, 6.45) is 0. The number of hydrogen-bond donors (Lipinski definition) is 1. The number of thioether (sulfide) groups is 1. The Labute approximate surface area is 84.9 Å². The topological polar surface area (TPSA) is 26.0 Å². The lowest BCUT2D eigenvalue weighted by Crippen LogP contribution is -2.18. The van der Waals surface area contributed by atoms with Crippen LogP contribution in [0.3, 0.4) is 0 Å². The Morgan fingerprint density at radius 1 is 1.36 bits per heavy atom. The van der Waals surface area contributed by atoms with Crippen molar-refractivity contribution in [1.29, 1.82) is 0 Å². The van der Waals surface area contributed by atoms with E-state index in [9.17, 15) is 12.9 Å². The van der Waals surface area contributed by atoms with Crippen molar-refractivity contribution in [2.75, 3.05) is 11.4 Å². The van der Waals surface area contributed by atoms with Crippen LogP contribution < -0.4 is 5.73 Å². The summed E-state index contributed by atoms with van der Waals surface area (Å²) in [6.45, 7) is -2.94. The van der Waals surface area contributed by atoms with Crippen molar-refractivity contribution in [2.24, 2.45) is 0 Å². The molecule has 0 saturated carbocycles. The molecule has 0 aliphatic heterocycles. The molecular formula is C8H10BF3NS-. The van der Waals surface area contributed by atoms with Gasteiger partial charge in [0.1, 0.15) is 0 Å². The third-order valence-electron chi connectivity index (χ3n) is 1.68. The van der Waals surface area contributed by atoms with E-state index in [-0.39, 0.29) is 0 Å². The number of hydrogen-bond acceptors (Lipinski definition) is 2. The van der Waals surface area contributed by atoms with E-state index >= 15 is 0 Å². The molecule has 0 radical (unpaired) electrons.